The molecule has 1 fully saturated rings. The number of nitrogens with one attached hydrogen (secondary N) is 1. The Balaban J connectivity index is 2.09. The van der Waals surface area contributed by atoms with E-state index in [1.165, 1.54) is 11.3 Å². The van der Waals surface area contributed by atoms with Gasteiger partial charge in [0, 0.05) is 4.47 Å². The maximum atomic E-state index is 12.0. The van der Waals surface area contributed by atoms with Gasteiger partial charge in [0.25, 0.3) is 5.91 Å². The Kier molecular flexibility index (Phi) is 3.37. The summed E-state index contributed by atoms with van der Waals surface area (Å²) in [5, 5.41) is 14.2. The van der Waals surface area contributed by atoms with Gasteiger partial charge in [0.2, 0.25) is 0 Å². The molecule has 5 heteroatoms. The first kappa shape index (κ1) is 12.1. The fraction of sp³-hybridized carbons (Fsp3) is 0.545. The minimum atomic E-state index is -0.472. The van der Waals surface area contributed by atoms with Crippen LogP contribution in [-0.4, -0.2) is 23.2 Å². The van der Waals surface area contributed by atoms with Gasteiger partial charge in [0.1, 0.15) is 4.88 Å². The van der Waals surface area contributed by atoms with Crippen LogP contribution in [0.5, 0.6) is 0 Å². The lowest BCUT2D eigenvalue weighted by Crippen LogP contribution is -2.50. The molecule has 0 radical (unpaired) electrons. The van der Waals surface area contributed by atoms with Gasteiger partial charge in [-0.3, -0.25) is 4.79 Å². The number of hydrogen-bond acceptors (Lipinski definition) is 3. The Morgan fingerprint density at radius 3 is 2.88 bits per heavy atom. The first-order valence-corrected chi connectivity index (χ1v) is 6.90. The fourth-order valence-electron chi connectivity index (χ4n) is 1.76. The number of rotatable bonds is 4. The van der Waals surface area contributed by atoms with Gasteiger partial charge in [0.05, 0.1) is 12.1 Å². The molecule has 1 aliphatic rings. The zero-order valence-electron chi connectivity index (χ0n) is 9.00. The molecule has 1 atom stereocenters. The number of carbonyl (C=O) groups is 1. The average molecular weight is 304 g/mol. The summed E-state index contributed by atoms with van der Waals surface area (Å²) in [4.78, 5) is 12.7. The van der Waals surface area contributed by atoms with Crippen LogP contribution in [0.3, 0.4) is 0 Å². The molecule has 1 unspecified atom stereocenters. The highest BCUT2D eigenvalue weighted by atomic mass is 79.9. The van der Waals surface area contributed by atoms with Gasteiger partial charge >= 0.3 is 0 Å². The van der Waals surface area contributed by atoms with Crippen LogP contribution in [0, 0.1) is 5.92 Å². The van der Waals surface area contributed by atoms with Crippen molar-refractivity contribution in [3.05, 3.63) is 20.8 Å². The largest absolute Gasteiger partial charge is 0.394 e. The van der Waals surface area contributed by atoms with Crippen LogP contribution in [0.2, 0.25) is 0 Å². The first-order valence-electron chi connectivity index (χ1n) is 5.23. The van der Waals surface area contributed by atoms with Gasteiger partial charge in [-0.05, 0) is 53.1 Å². The molecule has 0 bridgehead atoms. The van der Waals surface area contributed by atoms with E-state index in [4.69, 9.17) is 0 Å². The molecule has 0 spiro atoms. The van der Waals surface area contributed by atoms with Crippen LogP contribution in [0.4, 0.5) is 0 Å². The quantitative estimate of drug-likeness (QED) is 0.897. The van der Waals surface area contributed by atoms with Gasteiger partial charge in [-0.2, -0.15) is 0 Å². The molecule has 1 amide bonds. The van der Waals surface area contributed by atoms with E-state index in [9.17, 15) is 9.90 Å². The lowest BCUT2D eigenvalue weighted by molar-refractivity contribution is 0.0828. The molecule has 2 N–H and O–H groups in total. The molecule has 0 aromatic carbocycles. The predicted molar refractivity (Wildman–Crippen MR) is 67.7 cm³/mol. The van der Waals surface area contributed by atoms with Crippen LogP contribution in [0.25, 0.3) is 0 Å². The Bertz CT molecular complexity index is 402. The van der Waals surface area contributed by atoms with E-state index in [-0.39, 0.29) is 12.5 Å². The van der Waals surface area contributed by atoms with Gasteiger partial charge in [0.15, 0.2) is 0 Å². The summed E-state index contributed by atoms with van der Waals surface area (Å²) >= 11 is 4.74. The second kappa shape index (κ2) is 4.47. The van der Waals surface area contributed by atoms with Crippen LogP contribution in [0.15, 0.2) is 15.9 Å². The number of halogens is 1. The van der Waals surface area contributed by atoms with Crippen LogP contribution >= 0.6 is 27.3 Å². The SMILES string of the molecule is CC(CO)(NC(=O)c1sccc1Br)C1CC1. The smallest absolute Gasteiger partial charge is 0.263 e. The van der Waals surface area contributed by atoms with E-state index in [1.807, 2.05) is 18.4 Å². The molecule has 88 valence electrons. The maximum absolute atomic E-state index is 12.0. The van der Waals surface area contributed by atoms with Crippen molar-refractivity contribution in [1.82, 2.24) is 5.32 Å². The van der Waals surface area contributed by atoms with E-state index in [0.717, 1.165) is 17.3 Å². The topological polar surface area (TPSA) is 49.3 Å². The Morgan fingerprint density at radius 1 is 1.75 bits per heavy atom. The molecule has 1 aromatic heterocycles. The van der Waals surface area contributed by atoms with E-state index in [0.29, 0.717) is 10.8 Å². The first-order chi connectivity index (χ1) is 7.57. The zero-order valence-corrected chi connectivity index (χ0v) is 11.4. The number of amides is 1. The molecule has 1 aliphatic carbocycles. The maximum Gasteiger partial charge on any atom is 0.263 e. The number of hydrogen-bond donors (Lipinski definition) is 2. The molecule has 0 aliphatic heterocycles. The number of thiophene rings is 1. The zero-order chi connectivity index (χ0) is 11.8. The average Bonchev–Trinajstić information content (AvgIpc) is 3.02. The molecular formula is C11H14BrNO2S. The van der Waals surface area contributed by atoms with Gasteiger partial charge in [-0.15, -0.1) is 11.3 Å². The normalized spacial score (nSPS) is 19.2. The van der Waals surface area contributed by atoms with Gasteiger partial charge in [-0.1, -0.05) is 0 Å². The summed E-state index contributed by atoms with van der Waals surface area (Å²) in [6.07, 6.45) is 2.17. The Labute approximate surface area is 107 Å². The third-order valence-electron chi connectivity index (χ3n) is 3.03. The van der Waals surface area contributed by atoms with Crippen molar-refractivity contribution in [3.8, 4) is 0 Å². The number of carbonyl (C=O) groups excluding carboxylic acids is 1. The third kappa shape index (κ3) is 2.31. The summed E-state index contributed by atoms with van der Waals surface area (Å²) in [6.45, 7) is 1.90. The summed E-state index contributed by atoms with van der Waals surface area (Å²) in [5.41, 5.74) is -0.472. The molecule has 1 saturated carbocycles. The van der Waals surface area contributed by atoms with Crippen molar-refractivity contribution in [2.24, 2.45) is 5.92 Å². The van der Waals surface area contributed by atoms with Gasteiger partial charge < -0.3 is 10.4 Å². The minimum absolute atomic E-state index is 0.00754. The Hall–Kier alpha value is -0.390. The molecule has 2 rings (SSSR count). The monoisotopic (exact) mass is 303 g/mol. The standard InChI is InChI=1S/C11H14BrNO2S/c1-11(6-14,7-2-3-7)13-10(15)9-8(12)4-5-16-9/h4-5,7,14H,2-3,6H2,1H3,(H,13,15). The van der Waals surface area contributed by atoms with Gasteiger partial charge in [-0.25, -0.2) is 0 Å². The molecule has 1 aromatic rings. The highest BCUT2D eigenvalue weighted by Crippen LogP contribution is 2.39. The molecule has 1 heterocycles. The minimum Gasteiger partial charge on any atom is -0.394 e. The predicted octanol–water partition coefficient (Wildman–Crippen LogP) is 2.40. The number of aliphatic hydroxyl groups excluding tert-OH is 1. The second-order valence-electron chi connectivity index (χ2n) is 4.40. The fourth-order valence-corrected chi connectivity index (χ4v) is 3.21. The third-order valence-corrected chi connectivity index (χ3v) is 4.87. The molecule has 3 nitrogen and oxygen atoms in total. The Morgan fingerprint density at radius 2 is 2.44 bits per heavy atom. The second-order valence-corrected chi connectivity index (χ2v) is 6.17. The van der Waals surface area contributed by atoms with E-state index in [1.54, 1.807) is 0 Å². The van der Waals surface area contributed by atoms with E-state index in [2.05, 4.69) is 21.2 Å². The highest BCUT2D eigenvalue weighted by Gasteiger charge is 2.42. The number of aliphatic hydroxyl groups is 1. The molecule has 16 heavy (non-hydrogen) atoms. The van der Waals surface area contributed by atoms with Crippen molar-refractivity contribution >= 4 is 33.2 Å². The summed E-state index contributed by atoms with van der Waals surface area (Å²) < 4.78 is 0.811. The van der Waals surface area contributed by atoms with Crippen molar-refractivity contribution in [2.45, 2.75) is 25.3 Å². The van der Waals surface area contributed by atoms with Crippen LogP contribution < -0.4 is 5.32 Å². The van der Waals surface area contributed by atoms with Crippen molar-refractivity contribution in [3.63, 3.8) is 0 Å². The summed E-state index contributed by atoms with van der Waals surface area (Å²) in [6, 6.07) is 1.85. The van der Waals surface area contributed by atoms with E-state index < -0.39 is 5.54 Å². The molecule has 0 saturated heterocycles. The lowest BCUT2D eigenvalue weighted by atomic mass is 9.97. The summed E-state index contributed by atoms with van der Waals surface area (Å²) in [7, 11) is 0. The highest BCUT2D eigenvalue weighted by molar-refractivity contribution is 9.10. The lowest BCUT2D eigenvalue weighted by Gasteiger charge is -2.28. The van der Waals surface area contributed by atoms with Crippen molar-refractivity contribution in [1.29, 1.82) is 0 Å². The molecular weight excluding hydrogens is 290 g/mol. The summed E-state index contributed by atoms with van der Waals surface area (Å²) in [5.74, 6) is 0.311. The van der Waals surface area contributed by atoms with Crippen molar-refractivity contribution in [2.75, 3.05) is 6.61 Å². The van der Waals surface area contributed by atoms with E-state index >= 15 is 0 Å². The van der Waals surface area contributed by atoms with Crippen LogP contribution in [0.1, 0.15) is 29.4 Å². The van der Waals surface area contributed by atoms with Crippen LogP contribution in [-0.2, 0) is 0 Å². The van der Waals surface area contributed by atoms with Crippen molar-refractivity contribution < 1.29 is 9.90 Å².